The fourth-order valence-corrected chi connectivity index (χ4v) is 4.16. The number of hydrogen-bond acceptors (Lipinski definition) is 3. The van der Waals surface area contributed by atoms with Crippen LogP contribution in [-0.4, -0.2) is 17.0 Å². The van der Waals surface area contributed by atoms with Gasteiger partial charge in [-0.3, -0.25) is 0 Å². The smallest absolute Gasteiger partial charge is 0.0479 e. The number of hydrogen-bond donors (Lipinski definition) is 2. The maximum atomic E-state index is 5.76. The fourth-order valence-electron chi connectivity index (χ4n) is 2.33. The third-order valence-corrected chi connectivity index (χ3v) is 5.27. The van der Waals surface area contributed by atoms with Gasteiger partial charge in [-0.1, -0.05) is 6.92 Å². The summed E-state index contributed by atoms with van der Waals surface area (Å²) < 4.78 is 1.22. The van der Waals surface area contributed by atoms with E-state index in [1.165, 1.54) is 34.3 Å². The van der Waals surface area contributed by atoms with E-state index in [0.717, 1.165) is 10.9 Å². The van der Waals surface area contributed by atoms with Gasteiger partial charge in [0.2, 0.25) is 0 Å². The Labute approximate surface area is 121 Å². The van der Waals surface area contributed by atoms with Crippen LogP contribution in [0.15, 0.2) is 18.2 Å². The van der Waals surface area contributed by atoms with Crippen molar-refractivity contribution in [1.29, 1.82) is 0 Å². The molecule has 0 aromatic heterocycles. The van der Waals surface area contributed by atoms with E-state index in [-0.39, 0.29) is 0 Å². The van der Waals surface area contributed by atoms with E-state index in [4.69, 9.17) is 5.73 Å². The van der Waals surface area contributed by atoms with Crippen LogP contribution in [0.3, 0.4) is 0 Å². The third-order valence-electron chi connectivity index (χ3n) is 3.14. The van der Waals surface area contributed by atoms with Crippen molar-refractivity contribution in [3.05, 3.63) is 21.8 Å². The molecule has 0 bridgehead atoms. The molecule has 1 aromatic rings. The SMILES string of the molecule is CCSC1CCC(Nc2ccc(N)cc2I)C1. The molecule has 1 aliphatic rings. The molecule has 1 aromatic carbocycles. The van der Waals surface area contributed by atoms with Crippen LogP contribution < -0.4 is 11.1 Å². The molecule has 0 radical (unpaired) electrons. The lowest BCUT2D eigenvalue weighted by molar-refractivity contribution is 0.756. The first-order chi connectivity index (χ1) is 8.19. The van der Waals surface area contributed by atoms with Gasteiger partial charge in [-0.2, -0.15) is 11.8 Å². The molecule has 3 N–H and O–H groups in total. The number of halogens is 1. The van der Waals surface area contributed by atoms with Gasteiger partial charge in [0.1, 0.15) is 0 Å². The van der Waals surface area contributed by atoms with Crippen molar-refractivity contribution in [3.8, 4) is 0 Å². The van der Waals surface area contributed by atoms with Gasteiger partial charge in [0.15, 0.2) is 0 Å². The Morgan fingerprint density at radius 2 is 2.29 bits per heavy atom. The molecule has 94 valence electrons. The van der Waals surface area contributed by atoms with Crippen LogP contribution >= 0.6 is 34.4 Å². The van der Waals surface area contributed by atoms with Gasteiger partial charge >= 0.3 is 0 Å². The summed E-state index contributed by atoms with van der Waals surface area (Å²) in [4.78, 5) is 0. The number of benzene rings is 1. The molecule has 1 aliphatic carbocycles. The Hall–Kier alpha value is -0.100. The predicted molar refractivity (Wildman–Crippen MR) is 86.8 cm³/mol. The van der Waals surface area contributed by atoms with E-state index in [2.05, 4.69) is 52.7 Å². The van der Waals surface area contributed by atoms with Crippen molar-refractivity contribution < 1.29 is 0 Å². The molecule has 4 heteroatoms. The first-order valence-corrected chi connectivity index (χ1v) is 8.25. The van der Waals surface area contributed by atoms with E-state index < -0.39 is 0 Å². The summed E-state index contributed by atoms with van der Waals surface area (Å²) in [5.41, 5.74) is 7.83. The summed E-state index contributed by atoms with van der Waals surface area (Å²) >= 11 is 4.44. The molecule has 2 atom stereocenters. The number of nitrogens with one attached hydrogen (secondary N) is 1. The summed E-state index contributed by atoms with van der Waals surface area (Å²) in [7, 11) is 0. The number of nitrogens with two attached hydrogens (primary N) is 1. The van der Waals surface area contributed by atoms with Crippen molar-refractivity contribution in [2.75, 3.05) is 16.8 Å². The highest BCUT2D eigenvalue weighted by atomic mass is 127. The van der Waals surface area contributed by atoms with Gasteiger partial charge in [0, 0.05) is 26.2 Å². The van der Waals surface area contributed by atoms with Crippen LogP contribution in [0.5, 0.6) is 0 Å². The van der Waals surface area contributed by atoms with Gasteiger partial charge < -0.3 is 11.1 Å². The van der Waals surface area contributed by atoms with E-state index in [0.29, 0.717) is 6.04 Å². The highest BCUT2D eigenvalue weighted by molar-refractivity contribution is 14.1. The molecular weight excluding hydrogens is 343 g/mol. The topological polar surface area (TPSA) is 38.0 Å². The highest BCUT2D eigenvalue weighted by Gasteiger charge is 2.24. The standard InChI is InChI=1S/C13H19IN2S/c1-2-17-11-5-4-10(8-11)16-13-6-3-9(15)7-12(13)14/h3,6-7,10-11,16H,2,4-5,8,15H2,1H3. The summed E-state index contributed by atoms with van der Waals surface area (Å²) in [6.07, 6.45) is 3.93. The van der Waals surface area contributed by atoms with Gasteiger partial charge in [-0.05, 0) is 65.8 Å². The zero-order valence-electron chi connectivity index (χ0n) is 10.1. The van der Waals surface area contributed by atoms with Gasteiger partial charge in [0.25, 0.3) is 0 Å². The quantitative estimate of drug-likeness (QED) is 0.629. The zero-order valence-corrected chi connectivity index (χ0v) is 13.1. The molecule has 2 rings (SSSR count). The van der Waals surface area contributed by atoms with Gasteiger partial charge in [0.05, 0.1) is 0 Å². The van der Waals surface area contributed by atoms with Crippen LogP contribution in [0.4, 0.5) is 11.4 Å². The second-order valence-corrected chi connectivity index (χ2v) is 7.21. The van der Waals surface area contributed by atoms with E-state index >= 15 is 0 Å². The molecule has 1 saturated carbocycles. The minimum Gasteiger partial charge on any atom is -0.399 e. The van der Waals surface area contributed by atoms with Crippen LogP contribution in [0, 0.1) is 3.57 Å². The molecule has 2 nitrogen and oxygen atoms in total. The average Bonchev–Trinajstić information content (AvgIpc) is 2.71. The average molecular weight is 362 g/mol. The molecule has 17 heavy (non-hydrogen) atoms. The first kappa shape index (κ1) is 13.3. The van der Waals surface area contributed by atoms with Crippen LogP contribution in [0.25, 0.3) is 0 Å². The summed E-state index contributed by atoms with van der Waals surface area (Å²) in [6, 6.07) is 6.72. The minimum absolute atomic E-state index is 0.635. The third kappa shape index (κ3) is 3.68. The van der Waals surface area contributed by atoms with Crippen LogP contribution in [0.1, 0.15) is 26.2 Å². The lowest BCUT2D eigenvalue weighted by atomic mass is 10.2. The molecule has 0 aliphatic heterocycles. The fraction of sp³-hybridized carbons (Fsp3) is 0.538. The summed E-state index contributed by atoms with van der Waals surface area (Å²) in [5.74, 6) is 1.23. The molecule has 0 spiro atoms. The molecule has 1 fully saturated rings. The Balaban J connectivity index is 1.93. The Bertz CT molecular complexity index is 384. The molecule has 2 unspecified atom stereocenters. The maximum absolute atomic E-state index is 5.76. The molecule has 0 saturated heterocycles. The van der Waals surface area contributed by atoms with Crippen LogP contribution in [0.2, 0.25) is 0 Å². The summed E-state index contributed by atoms with van der Waals surface area (Å²) in [5, 5.41) is 4.50. The highest BCUT2D eigenvalue weighted by Crippen LogP contribution is 2.32. The van der Waals surface area contributed by atoms with E-state index in [1.807, 2.05) is 12.1 Å². The number of thioether (sulfide) groups is 1. The Morgan fingerprint density at radius 3 is 3.00 bits per heavy atom. The van der Waals surface area contributed by atoms with Gasteiger partial charge in [-0.25, -0.2) is 0 Å². The van der Waals surface area contributed by atoms with Gasteiger partial charge in [-0.15, -0.1) is 0 Å². The second kappa shape index (κ2) is 6.18. The lowest BCUT2D eigenvalue weighted by Gasteiger charge is -2.16. The van der Waals surface area contributed by atoms with Crippen LogP contribution in [-0.2, 0) is 0 Å². The maximum Gasteiger partial charge on any atom is 0.0479 e. The number of nitrogen functional groups attached to an aromatic ring is 1. The minimum atomic E-state index is 0.635. The van der Waals surface area contributed by atoms with Crippen molar-refractivity contribution >= 4 is 45.7 Å². The van der Waals surface area contributed by atoms with Crippen molar-refractivity contribution in [3.63, 3.8) is 0 Å². The largest absolute Gasteiger partial charge is 0.399 e. The normalized spacial score (nSPS) is 23.9. The Morgan fingerprint density at radius 1 is 1.47 bits per heavy atom. The molecule has 0 amide bonds. The zero-order chi connectivity index (χ0) is 12.3. The molecular formula is C13H19IN2S. The van der Waals surface area contributed by atoms with Crippen molar-refractivity contribution in [2.24, 2.45) is 0 Å². The molecule has 0 heterocycles. The van der Waals surface area contributed by atoms with E-state index in [9.17, 15) is 0 Å². The predicted octanol–water partition coefficient (Wildman–Crippen LogP) is 3.96. The van der Waals surface area contributed by atoms with E-state index in [1.54, 1.807) is 0 Å². The van der Waals surface area contributed by atoms with Crippen molar-refractivity contribution in [1.82, 2.24) is 0 Å². The second-order valence-electron chi connectivity index (χ2n) is 4.47. The van der Waals surface area contributed by atoms with Crippen molar-refractivity contribution in [2.45, 2.75) is 37.5 Å². The number of rotatable bonds is 4. The summed E-state index contributed by atoms with van der Waals surface area (Å²) in [6.45, 7) is 2.24. The Kier molecular flexibility index (Phi) is 4.85. The first-order valence-electron chi connectivity index (χ1n) is 6.12. The monoisotopic (exact) mass is 362 g/mol. The lowest BCUT2D eigenvalue weighted by Crippen LogP contribution is -2.16. The number of anilines is 2.